The van der Waals surface area contributed by atoms with Gasteiger partial charge in [-0.1, -0.05) is 32.6 Å². The molecule has 1 aliphatic carbocycles. The van der Waals surface area contributed by atoms with E-state index in [-0.39, 0.29) is 17.7 Å². The number of hydrogen-bond donors (Lipinski definition) is 2. The van der Waals surface area contributed by atoms with Crippen molar-refractivity contribution >= 4 is 11.8 Å². The lowest BCUT2D eigenvalue weighted by atomic mass is 9.78. The molecule has 2 aliphatic heterocycles. The molecule has 0 bridgehead atoms. The topological polar surface area (TPSA) is 99.8 Å². The first kappa shape index (κ1) is 24.0. The van der Waals surface area contributed by atoms with Crippen molar-refractivity contribution in [3.05, 3.63) is 35.3 Å². The van der Waals surface area contributed by atoms with Crippen LogP contribution in [0.1, 0.15) is 70.3 Å². The third-order valence-electron chi connectivity index (χ3n) is 7.89. The summed E-state index contributed by atoms with van der Waals surface area (Å²) in [4.78, 5) is 31.2. The summed E-state index contributed by atoms with van der Waals surface area (Å²) in [5.41, 5.74) is 0.0897. The first-order chi connectivity index (χ1) is 15.9. The number of amides is 2. The van der Waals surface area contributed by atoms with E-state index < -0.39 is 17.7 Å². The summed E-state index contributed by atoms with van der Waals surface area (Å²) < 4.78 is 0.804. The molecule has 4 rings (SSSR count). The Kier molecular flexibility index (Phi) is 7.54. The van der Waals surface area contributed by atoms with Crippen LogP contribution in [-0.2, 0) is 16.1 Å². The summed E-state index contributed by atoms with van der Waals surface area (Å²) in [7, 11) is 0. The Morgan fingerprint density at radius 3 is 2.64 bits per heavy atom. The van der Waals surface area contributed by atoms with Gasteiger partial charge in [-0.25, -0.2) is 0 Å². The minimum absolute atomic E-state index is 0.0755. The third-order valence-corrected chi connectivity index (χ3v) is 7.89. The molecule has 2 atom stereocenters. The van der Waals surface area contributed by atoms with Crippen LogP contribution in [0.25, 0.3) is 0 Å². The smallest absolute Gasteiger partial charge is 0.248 e. The van der Waals surface area contributed by atoms with Crippen molar-refractivity contribution in [1.29, 1.82) is 0 Å². The maximum atomic E-state index is 13.6. The SMILES string of the molecule is CCCCN1C(=O)[C@@H]([C@H](O)C2CCCCC2)NC(=O)C12CCN(Cc1ccc[n+]([O-])c1)CC2. The molecular weight excluding hydrogens is 420 g/mol. The number of carbonyl (C=O) groups excluding carboxylic acids is 2. The first-order valence-corrected chi connectivity index (χ1v) is 12.6. The van der Waals surface area contributed by atoms with Crippen LogP contribution in [0.2, 0.25) is 0 Å². The van der Waals surface area contributed by atoms with Crippen LogP contribution in [0.15, 0.2) is 24.5 Å². The summed E-state index contributed by atoms with van der Waals surface area (Å²) in [5, 5.41) is 25.6. The number of nitrogens with one attached hydrogen (secondary N) is 1. The van der Waals surface area contributed by atoms with Gasteiger partial charge in [0.1, 0.15) is 11.6 Å². The van der Waals surface area contributed by atoms with E-state index in [1.807, 2.05) is 6.07 Å². The number of likely N-dealkylation sites (tertiary alicyclic amines) is 1. The lowest BCUT2D eigenvalue weighted by Crippen LogP contribution is -2.75. The highest BCUT2D eigenvalue weighted by Gasteiger charge is 2.55. The molecule has 2 saturated heterocycles. The number of aliphatic hydroxyl groups is 1. The van der Waals surface area contributed by atoms with Gasteiger partial charge < -0.3 is 20.5 Å². The highest BCUT2D eigenvalue weighted by atomic mass is 16.5. The number of piperidine rings is 1. The Morgan fingerprint density at radius 1 is 1.24 bits per heavy atom. The van der Waals surface area contributed by atoms with Crippen molar-refractivity contribution in [1.82, 2.24) is 15.1 Å². The molecule has 2 amide bonds. The molecule has 1 aromatic heterocycles. The molecule has 1 spiro atoms. The predicted molar refractivity (Wildman–Crippen MR) is 124 cm³/mol. The quantitative estimate of drug-likeness (QED) is 0.479. The average Bonchev–Trinajstić information content (AvgIpc) is 2.83. The fourth-order valence-electron chi connectivity index (χ4n) is 5.89. The average molecular weight is 459 g/mol. The standard InChI is InChI=1S/C25H38N4O4/c1-2-3-14-29-23(31)21(22(30)20-9-5-4-6-10-20)26-24(32)25(29)11-15-27(16-12-25)17-19-8-7-13-28(33)18-19/h7-8,13,18,20-22,30H,2-6,9-12,14-17H2,1H3,(H,26,32)/t21-,22-/m1/s1. The summed E-state index contributed by atoms with van der Waals surface area (Å²) in [6, 6.07) is 2.84. The van der Waals surface area contributed by atoms with Gasteiger partial charge in [-0.05, 0) is 44.1 Å². The number of aromatic nitrogens is 1. The van der Waals surface area contributed by atoms with Crippen LogP contribution in [0, 0.1) is 11.1 Å². The van der Waals surface area contributed by atoms with E-state index in [0.717, 1.165) is 48.8 Å². The highest BCUT2D eigenvalue weighted by molar-refractivity contribution is 6.00. The monoisotopic (exact) mass is 458 g/mol. The van der Waals surface area contributed by atoms with Gasteiger partial charge in [-0.2, -0.15) is 4.73 Å². The minimum atomic E-state index is -0.847. The Morgan fingerprint density at radius 2 is 1.97 bits per heavy atom. The lowest BCUT2D eigenvalue weighted by Gasteiger charge is -2.52. The maximum Gasteiger partial charge on any atom is 0.248 e. The van der Waals surface area contributed by atoms with Crippen LogP contribution in [0.3, 0.4) is 0 Å². The van der Waals surface area contributed by atoms with Gasteiger partial charge in [0.15, 0.2) is 12.4 Å². The molecule has 1 saturated carbocycles. The number of hydrogen-bond acceptors (Lipinski definition) is 5. The van der Waals surface area contributed by atoms with Crippen molar-refractivity contribution in [3.8, 4) is 0 Å². The zero-order chi connectivity index (χ0) is 23.4. The molecule has 3 fully saturated rings. The third kappa shape index (κ3) is 5.01. The van der Waals surface area contributed by atoms with Gasteiger partial charge in [0, 0.05) is 37.8 Å². The number of nitrogens with zero attached hydrogens (tertiary/aromatic N) is 3. The second-order valence-electron chi connectivity index (χ2n) is 10.1. The number of carbonyl (C=O) groups is 2. The molecule has 33 heavy (non-hydrogen) atoms. The van der Waals surface area contributed by atoms with E-state index in [9.17, 15) is 19.9 Å². The van der Waals surface area contributed by atoms with Gasteiger partial charge in [0.25, 0.3) is 0 Å². The molecule has 8 nitrogen and oxygen atoms in total. The minimum Gasteiger partial charge on any atom is -0.619 e. The van der Waals surface area contributed by atoms with E-state index in [1.165, 1.54) is 12.6 Å². The predicted octanol–water partition coefficient (Wildman–Crippen LogP) is 1.72. The molecule has 0 unspecified atom stereocenters. The molecule has 3 aliphatic rings. The van der Waals surface area contributed by atoms with Gasteiger partial charge in [0.2, 0.25) is 11.8 Å². The summed E-state index contributed by atoms with van der Waals surface area (Å²) in [6.45, 7) is 4.62. The van der Waals surface area contributed by atoms with E-state index >= 15 is 0 Å². The number of piperazine rings is 1. The van der Waals surface area contributed by atoms with Crippen molar-refractivity contribution in [2.24, 2.45) is 5.92 Å². The largest absolute Gasteiger partial charge is 0.619 e. The summed E-state index contributed by atoms with van der Waals surface area (Å²) in [5.74, 6) is -0.161. The molecule has 2 N–H and O–H groups in total. The number of pyridine rings is 1. The van der Waals surface area contributed by atoms with Crippen molar-refractivity contribution in [2.75, 3.05) is 19.6 Å². The number of unbranched alkanes of at least 4 members (excludes halogenated alkanes) is 1. The molecule has 0 aromatic carbocycles. The second-order valence-corrected chi connectivity index (χ2v) is 10.1. The molecule has 182 valence electrons. The van der Waals surface area contributed by atoms with Gasteiger partial charge in [-0.15, -0.1) is 0 Å². The Bertz CT molecular complexity index is 833. The molecular formula is C25H38N4O4. The summed E-state index contributed by atoms with van der Waals surface area (Å²) >= 11 is 0. The zero-order valence-corrected chi connectivity index (χ0v) is 19.7. The van der Waals surface area contributed by atoms with Crippen LogP contribution in [0.4, 0.5) is 0 Å². The van der Waals surface area contributed by atoms with Crippen LogP contribution in [0.5, 0.6) is 0 Å². The zero-order valence-electron chi connectivity index (χ0n) is 19.7. The van der Waals surface area contributed by atoms with Gasteiger partial charge in [-0.3, -0.25) is 14.5 Å². The van der Waals surface area contributed by atoms with Crippen LogP contribution >= 0.6 is 0 Å². The fourth-order valence-corrected chi connectivity index (χ4v) is 5.89. The van der Waals surface area contributed by atoms with Crippen LogP contribution in [-0.4, -0.2) is 64.0 Å². The van der Waals surface area contributed by atoms with Crippen LogP contribution < -0.4 is 10.0 Å². The fraction of sp³-hybridized carbons (Fsp3) is 0.720. The normalized spacial score (nSPS) is 25.3. The molecule has 3 heterocycles. The van der Waals surface area contributed by atoms with E-state index in [0.29, 0.717) is 39.0 Å². The Hall–Kier alpha value is -2.19. The number of aliphatic hydroxyl groups excluding tert-OH is 1. The first-order valence-electron chi connectivity index (χ1n) is 12.6. The lowest BCUT2D eigenvalue weighted by molar-refractivity contribution is -0.605. The van der Waals surface area contributed by atoms with E-state index in [2.05, 4.69) is 17.1 Å². The van der Waals surface area contributed by atoms with Crippen molar-refractivity contribution in [2.45, 2.75) is 88.9 Å². The maximum absolute atomic E-state index is 13.6. The van der Waals surface area contributed by atoms with Gasteiger partial charge in [0.05, 0.1) is 6.10 Å². The van der Waals surface area contributed by atoms with Gasteiger partial charge >= 0.3 is 0 Å². The Balaban J connectivity index is 1.47. The Labute approximate surface area is 196 Å². The molecule has 0 radical (unpaired) electrons. The van der Waals surface area contributed by atoms with Crippen molar-refractivity contribution in [3.63, 3.8) is 0 Å². The summed E-state index contributed by atoms with van der Waals surface area (Å²) in [6.07, 6.45) is 10.3. The second kappa shape index (κ2) is 10.4. The molecule has 1 aromatic rings. The van der Waals surface area contributed by atoms with E-state index in [4.69, 9.17) is 0 Å². The highest BCUT2D eigenvalue weighted by Crippen LogP contribution is 2.36. The van der Waals surface area contributed by atoms with Crippen molar-refractivity contribution < 1.29 is 19.4 Å². The number of rotatable bonds is 7. The van der Waals surface area contributed by atoms with E-state index in [1.54, 1.807) is 17.2 Å². The molecule has 8 heteroatoms.